The molecule has 0 aliphatic heterocycles. The summed E-state index contributed by atoms with van der Waals surface area (Å²) in [6, 6.07) is 9.89. The van der Waals surface area contributed by atoms with Crippen LogP contribution in [0.25, 0.3) is 5.76 Å². The molecule has 0 amide bonds. The van der Waals surface area contributed by atoms with E-state index in [0.29, 0.717) is 5.56 Å². The normalized spacial score (nSPS) is 11.2. The van der Waals surface area contributed by atoms with Crippen LogP contribution in [0, 0.1) is 16.7 Å². The first-order valence-electron chi connectivity index (χ1n) is 4.56. The van der Waals surface area contributed by atoms with Crippen LogP contribution in [0.1, 0.15) is 12.5 Å². The molecule has 0 atom stereocenters. The monoisotopic (exact) mass is 214 g/mol. The van der Waals surface area contributed by atoms with Crippen LogP contribution in [-0.2, 0) is 4.79 Å². The van der Waals surface area contributed by atoms with E-state index in [1.165, 1.54) is 6.92 Å². The fourth-order valence-electron chi connectivity index (χ4n) is 1.26. The van der Waals surface area contributed by atoms with Gasteiger partial charge >= 0.3 is 0 Å². The minimum absolute atomic E-state index is 0.256. The molecular weight excluding hydrogens is 204 g/mol. The van der Waals surface area contributed by atoms with Crippen molar-refractivity contribution in [2.75, 3.05) is 0 Å². The zero-order valence-corrected chi connectivity index (χ0v) is 8.69. The van der Waals surface area contributed by atoms with Gasteiger partial charge in [0.2, 0.25) is 0 Å². The van der Waals surface area contributed by atoms with E-state index in [-0.39, 0.29) is 11.3 Å². The van der Waals surface area contributed by atoms with E-state index in [0.717, 1.165) is 0 Å². The standard InChI is InChI=1S/C12H10N2O2/c1-8(15)11(10(14)7-13)12(16)9-5-3-2-4-6-9/h2-6,14,16H,1H3/b12-11-,14-10?. The van der Waals surface area contributed by atoms with Gasteiger partial charge in [0.25, 0.3) is 0 Å². The lowest BCUT2D eigenvalue weighted by Crippen LogP contribution is -2.10. The third-order valence-corrected chi connectivity index (χ3v) is 2.00. The fourth-order valence-corrected chi connectivity index (χ4v) is 1.26. The Balaban J connectivity index is 3.35. The Labute approximate surface area is 93.0 Å². The molecule has 4 heteroatoms. The predicted octanol–water partition coefficient (Wildman–Crippen LogP) is 2.09. The average Bonchev–Trinajstić information content (AvgIpc) is 2.29. The summed E-state index contributed by atoms with van der Waals surface area (Å²) in [5, 5.41) is 25.7. The number of aliphatic hydroxyl groups excluding tert-OH is 1. The number of aliphatic hydroxyl groups is 1. The van der Waals surface area contributed by atoms with Crippen molar-refractivity contribution in [3.05, 3.63) is 41.5 Å². The molecule has 0 bridgehead atoms. The number of hydrogen-bond acceptors (Lipinski definition) is 4. The lowest BCUT2D eigenvalue weighted by Gasteiger charge is -2.05. The summed E-state index contributed by atoms with van der Waals surface area (Å²) in [5.41, 5.74) is -0.379. The highest BCUT2D eigenvalue weighted by atomic mass is 16.3. The molecule has 0 radical (unpaired) electrons. The second-order valence-corrected chi connectivity index (χ2v) is 3.13. The van der Waals surface area contributed by atoms with Gasteiger partial charge in [0, 0.05) is 5.56 Å². The summed E-state index contributed by atoms with van der Waals surface area (Å²) in [5.74, 6) is -0.840. The lowest BCUT2D eigenvalue weighted by atomic mass is 10.0. The molecular formula is C12H10N2O2. The summed E-state index contributed by atoms with van der Waals surface area (Å²) < 4.78 is 0. The zero-order chi connectivity index (χ0) is 12.1. The largest absolute Gasteiger partial charge is 0.506 e. The molecule has 0 heterocycles. The van der Waals surface area contributed by atoms with Crippen LogP contribution in [0.15, 0.2) is 35.9 Å². The minimum Gasteiger partial charge on any atom is -0.506 e. The van der Waals surface area contributed by atoms with Gasteiger partial charge < -0.3 is 5.11 Å². The molecule has 0 aliphatic rings. The van der Waals surface area contributed by atoms with Crippen LogP contribution in [0.4, 0.5) is 0 Å². The van der Waals surface area contributed by atoms with Crippen LogP contribution in [0.3, 0.4) is 0 Å². The van der Waals surface area contributed by atoms with Gasteiger partial charge in [-0.15, -0.1) is 0 Å². The van der Waals surface area contributed by atoms with E-state index >= 15 is 0 Å². The van der Waals surface area contributed by atoms with E-state index in [2.05, 4.69) is 0 Å². The summed E-state index contributed by atoms with van der Waals surface area (Å²) in [6.45, 7) is 1.21. The van der Waals surface area contributed by atoms with Gasteiger partial charge in [0.15, 0.2) is 5.78 Å². The van der Waals surface area contributed by atoms with Gasteiger partial charge in [-0.05, 0) is 6.92 Å². The fraction of sp³-hybridized carbons (Fsp3) is 0.0833. The molecule has 0 saturated carbocycles. The van der Waals surface area contributed by atoms with Crippen molar-refractivity contribution in [3.63, 3.8) is 0 Å². The topological polar surface area (TPSA) is 84.9 Å². The van der Waals surface area contributed by atoms with Crippen molar-refractivity contribution >= 4 is 17.3 Å². The quantitative estimate of drug-likeness (QED) is 0.459. The van der Waals surface area contributed by atoms with Crippen LogP contribution in [-0.4, -0.2) is 16.6 Å². The highest BCUT2D eigenvalue weighted by Crippen LogP contribution is 2.17. The Morgan fingerprint density at radius 1 is 1.38 bits per heavy atom. The zero-order valence-electron chi connectivity index (χ0n) is 8.69. The van der Waals surface area contributed by atoms with Crippen LogP contribution in [0.2, 0.25) is 0 Å². The summed E-state index contributed by atoms with van der Waals surface area (Å²) >= 11 is 0. The first-order valence-corrected chi connectivity index (χ1v) is 4.56. The molecule has 0 fully saturated rings. The van der Waals surface area contributed by atoms with Gasteiger partial charge in [-0.1, -0.05) is 30.3 Å². The first kappa shape index (κ1) is 11.7. The van der Waals surface area contributed by atoms with Crippen molar-refractivity contribution in [1.29, 1.82) is 10.7 Å². The van der Waals surface area contributed by atoms with E-state index in [4.69, 9.17) is 10.7 Å². The van der Waals surface area contributed by atoms with Gasteiger partial charge in [0.05, 0.1) is 5.57 Å². The van der Waals surface area contributed by atoms with Crippen molar-refractivity contribution in [2.45, 2.75) is 6.92 Å². The van der Waals surface area contributed by atoms with E-state index in [1.54, 1.807) is 36.4 Å². The van der Waals surface area contributed by atoms with Crippen molar-refractivity contribution in [1.82, 2.24) is 0 Å². The maximum absolute atomic E-state index is 11.2. The number of nitrogens with zero attached hydrogens (tertiary/aromatic N) is 1. The summed E-state index contributed by atoms with van der Waals surface area (Å²) in [7, 11) is 0. The molecule has 1 rings (SSSR count). The Morgan fingerprint density at radius 2 is 1.94 bits per heavy atom. The highest BCUT2D eigenvalue weighted by molar-refractivity contribution is 6.29. The number of ketones is 1. The molecule has 80 valence electrons. The third kappa shape index (κ3) is 2.34. The van der Waals surface area contributed by atoms with Crippen LogP contribution >= 0.6 is 0 Å². The Morgan fingerprint density at radius 3 is 2.38 bits per heavy atom. The first-order chi connectivity index (χ1) is 7.57. The number of nitriles is 1. The maximum atomic E-state index is 11.2. The maximum Gasteiger partial charge on any atom is 0.166 e. The van der Waals surface area contributed by atoms with Crippen molar-refractivity contribution in [2.24, 2.45) is 0 Å². The SMILES string of the molecule is CC(=O)/C(C(=N)C#N)=C(/O)c1ccccc1. The minimum atomic E-state index is -0.533. The highest BCUT2D eigenvalue weighted by Gasteiger charge is 2.17. The van der Waals surface area contributed by atoms with E-state index in [1.807, 2.05) is 0 Å². The van der Waals surface area contributed by atoms with Crippen molar-refractivity contribution < 1.29 is 9.90 Å². The number of allylic oxidation sites excluding steroid dienone is 1. The number of carbonyl (C=O) groups excluding carboxylic acids is 1. The lowest BCUT2D eigenvalue weighted by molar-refractivity contribution is -0.113. The molecule has 0 aliphatic carbocycles. The molecule has 0 saturated heterocycles. The van der Waals surface area contributed by atoms with E-state index in [9.17, 15) is 9.90 Å². The molecule has 1 aromatic carbocycles. The number of rotatable bonds is 3. The average molecular weight is 214 g/mol. The molecule has 16 heavy (non-hydrogen) atoms. The number of nitrogens with one attached hydrogen (secondary N) is 1. The van der Waals surface area contributed by atoms with Crippen LogP contribution in [0.5, 0.6) is 0 Å². The van der Waals surface area contributed by atoms with Gasteiger partial charge in [-0.25, -0.2) is 0 Å². The Kier molecular flexibility index (Phi) is 3.57. The van der Waals surface area contributed by atoms with Crippen LogP contribution < -0.4 is 0 Å². The molecule has 0 unspecified atom stereocenters. The second kappa shape index (κ2) is 4.89. The molecule has 2 N–H and O–H groups in total. The van der Waals surface area contributed by atoms with Gasteiger partial charge in [0.1, 0.15) is 17.5 Å². The number of carbonyl (C=O) groups is 1. The Bertz CT molecular complexity index is 496. The summed E-state index contributed by atoms with van der Waals surface area (Å²) in [6.07, 6.45) is 0. The predicted molar refractivity (Wildman–Crippen MR) is 60.0 cm³/mol. The number of benzene rings is 1. The van der Waals surface area contributed by atoms with Crippen molar-refractivity contribution in [3.8, 4) is 6.07 Å². The van der Waals surface area contributed by atoms with Gasteiger partial charge in [-0.3, -0.25) is 10.2 Å². The molecule has 1 aromatic rings. The molecule has 0 aromatic heterocycles. The summed E-state index contributed by atoms with van der Waals surface area (Å²) in [4.78, 5) is 11.2. The molecule has 4 nitrogen and oxygen atoms in total. The number of hydrogen-bond donors (Lipinski definition) is 2. The Hall–Kier alpha value is -2.41. The smallest absolute Gasteiger partial charge is 0.166 e. The second-order valence-electron chi connectivity index (χ2n) is 3.13. The van der Waals surface area contributed by atoms with E-state index < -0.39 is 11.5 Å². The third-order valence-electron chi connectivity index (χ3n) is 2.00. The van der Waals surface area contributed by atoms with Gasteiger partial charge in [-0.2, -0.15) is 5.26 Å². The molecule has 0 spiro atoms. The number of Topliss-reactive ketones (excluding diaryl/α,β-unsaturated/α-hetero) is 1.